The Morgan fingerprint density at radius 3 is 2.54 bits per heavy atom. The molecule has 1 fully saturated rings. The molecule has 0 bridgehead atoms. The van der Waals surface area contributed by atoms with Gasteiger partial charge in [-0.2, -0.15) is 0 Å². The summed E-state index contributed by atoms with van der Waals surface area (Å²) in [4.78, 5) is 26.0. The SMILES string of the molecule is O=C(/C=C/c1ccccc1)NC1CCN(C(=O)c2ccoc2)CC1. The molecule has 0 radical (unpaired) electrons. The van der Waals surface area contributed by atoms with Crippen LogP contribution in [-0.2, 0) is 4.79 Å². The molecule has 0 spiro atoms. The molecule has 2 heterocycles. The lowest BCUT2D eigenvalue weighted by Gasteiger charge is -2.32. The van der Waals surface area contributed by atoms with Gasteiger partial charge in [0.1, 0.15) is 6.26 Å². The van der Waals surface area contributed by atoms with Gasteiger partial charge in [-0.25, -0.2) is 0 Å². The largest absolute Gasteiger partial charge is 0.472 e. The topological polar surface area (TPSA) is 62.6 Å². The zero-order valence-electron chi connectivity index (χ0n) is 13.4. The summed E-state index contributed by atoms with van der Waals surface area (Å²) in [6, 6.07) is 11.5. The Labute approximate surface area is 141 Å². The molecule has 1 aliphatic heterocycles. The van der Waals surface area contributed by atoms with Crippen LogP contribution < -0.4 is 5.32 Å². The van der Waals surface area contributed by atoms with E-state index >= 15 is 0 Å². The number of carbonyl (C=O) groups is 2. The molecule has 2 amide bonds. The Morgan fingerprint density at radius 2 is 1.88 bits per heavy atom. The van der Waals surface area contributed by atoms with Crippen LogP contribution in [-0.4, -0.2) is 35.8 Å². The molecular weight excluding hydrogens is 304 g/mol. The van der Waals surface area contributed by atoms with Crippen molar-refractivity contribution in [3.63, 3.8) is 0 Å². The minimum Gasteiger partial charge on any atom is -0.472 e. The highest BCUT2D eigenvalue weighted by Gasteiger charge is 2.24. The number of carbonyl (C=O) groups excluding carboxylic acids is 2. The average molecular weight is 324 g/mol. The summed E-state index contributed by atoms with van der Waals surface area (Å²) in [5.74, 6) is -0.115. The highest BCUT2D eigenvalue weighted by Crippen LogP contribution is 2.14. The molecule has 2 aromatic rings. The minimum absolute atomic E-state index is 0.0162. The Balaban J connectivity index is 1.46. The van der Waals surface area contributed by atoms with Gasteiger partial charge in [-0.3, -0.25) is 9.59 Å². The first-order valence-electron chi connectivity index (χ1n) is 8.07. The summed E-state index contributed by atoms with van der Waals surface area (Å²) in [7, 11) is 0. The Kier molecular flexibility index (Phi) is 5.11. The second-order valence-electron chi connectivity index (χ2n) is 5.83. The summed E-state index contributed by atoms with van der Waals surface area (Å²) >= 11 is 0. The van der Waals surface area contributed by atoms with Crippen LogP contribution in [0.4, 0.5) is 0 Å². The van der Waals surface area contributed by atoms with Gasteiger partial charge in [0.05, 0.1) is 11.8 Å². The molecule has 3 rings (SSSR count). The van der Waals surface area contributed by atoms with Crippen LogP contribution in [0.5, 0.6) is 0 Å². The van der Waals surface area contributed by atoms with E-state index < -0.39 is 0 Å². The van der Waals surface area contributed by atoms with Gasteiger partial charge in [0, 0.05) is 25.2 Å². The summed E-state index contributed by atoms with van der Waals surface area (Å²) in [5.41, 5.74) is 1.57. The van der Waals surface area contributed by atoms with Gasteiger partial charge in [-0.05, 0) is 30.5 Å². The standard InChI is InChI=1S/C19H20N2O3/c22-18(7-6-15-4-2-1-3-5-15)20-17-8-11-21(12-9-17)19(23)16-10-13-24-14-16/h1-7,10,13-14,17H,8-9,11-12H2,(H,20,22)/b7-6+. The quantitative estimate of drug-likeness (QED) is 0.880. The van der Waals surface area contributed by atoms with Crippen molar-refractivity contribution in [3.8, 4) is 0 Å². The van der Waals surface area contributed by atoms with Crippen molar-refractivity contribution < 1.29 is 14.0 Å². The van der Waals surface area contributed by atoms with Crippen LogP contribution in [0.3, 0.4) is 0 Å². The van der Waals surface area contributed by atoms with Gasteiger partial charge >= 0.3 is 0 Å². The number of amides is 2. The Hall–Kier alpha value is -2.82. The lowest BCUT2D eigenvalue weighted by atomic mass is 10.0. The monoisotopic (exact) mass is 324 g/mol. The van der Waals surface area contributed by atoms with E-state index in [-0.39, 0.29) is 17.9 Å². The minimum atomic E-state index is -0.0986. The normalized spacial score (nSPS) is 15.6. The van der Waals surface area contributed by atoms with Gasteiger partial charge < -0.3 is 14.6 Å². The van der Waals surface area contributed by atoms with E-state index in [1.54, 1.807) is 23.1 Å². The van der Waals surface area contributed by atoms with E-state index in [0.29, 0.717) is 18.7 Å². The maximum atomic E-state index is 12.2. The third-order valence-corrected chi connectivity index (χ3v) is 4.12. The van der Waals surface area contributed by atoms with Gasteiger partial charge in [0.2, 0.25) is 5.91 Å². The Bertz CT molecular complexity index is 699. The van der Waals surface area contributed by atoms with Crippen molar-refractivity contribution in [2.45, 2.75) is 18.9 Å². The van der Waals surface area contributed by atoms with Gasteiger partial charge in [0.25, 0.3) is 5.91 Å². The van der Waals surface area contributed by atoms with E-state index in [9.17, 15) is 9.59 Å². The van der Waals surface area contributed by atoms with Crippen molar-refractivity contribution in [1.29, 1.82) is 0 Å². The summed E-state index contributed by atoms with van der Waals surface area (Å²) in [5, 5.41) is 3.00. The first-order valence-corrected chi connectivity index (χ1v) is 8.07. The van der Waals surface area contributed by atoms with Crippen LogP contribution in [0, 0.1) is 0 Å². The molecule has 124 valence electrons. The molecule has 5 heteroatoms. The number of furan rings is 1. The lowest BCUT2D eigenvalue weighted by molar-refractivity contribution is -0.117. The van der Waals surface area contributed by atoms with Gasteiger partial charge in [0.15, 0.2) is 0 Å². The zero-order valence-corrected chi connectivity index (χ0v) is 13.4. The van der Waals surface area contributed by atoms with E-state index in [4.69, 9.17) is 4.42 Å². The van der Waals surface area contributed by atoms with E-state index in [2.05, 4.69) is 5.32 Å². The fraction of sp³-hybridized carbons (Fsp3) is 0.263. The van der Waals surface area contributed by atoms with Crippen LogP contribution in [0.15, 0.2) is 59.4 Å². The van der Waals surface area contributed by atoms with Crippen LogP contribution >= 0.6 is 0 Å². The third-order valence-electron chi connectivity index (χ3n) is 4.12. The van der Waals surface area contributed by atoms with E-state index in [0.717, 1.165) is 18.4 Å². The fourth-order valence-electron chi connectivity index (χ4n) is 2.78. The number of benzene rings is 1. The molecule has 0 unspecified atom stereocenters. The second-order valence-corrected chi connectivity index (χ2v) is 5.83. The first kappa shape index (κ1) is 16.1. The molecule has 5 nitrogen and oxygen atoms in total. The lowest BCUT2D eigenvalue weighted by Crippen LogP contribution is -2.46. The third kappa shape index (κ3) is 4.13. The summed E-state index contributed by atoms with van der Waals surface area (Å²) in [6.07, 6.45) is 7.83. The van der Waals surface area contributed by atoms with Crippen molar-refractivity contribution in [2.75, 3.05) is 13.1 Å². The number of hydrogen-bond acceptors (Lipinski definition) is 3. The molecule has 0 atom stereocenters. The summed E-state index contributed by atoms with van der Waals surface area (Å²) < 4.78 is 4.95. The van der Waals surface area contributed by atoms with E-state index in [1.165, 1.54) is 12.5 Å². The van der Waals surface area contributed by atoms with Gasteiger partial charge in [-0.1, -0.05) is 30.3 Å². The first-order chi connectivity index (χ1) is 11.7. The molecule has 1 N–H and O–H groups in total. The molecule has 1 saturated heterocycles. The molecule has 24 heavy (non-hydrogen) atoms. The predicted octanol–water partition coefficient (Wildman–Crippen LogP) is 2.71. The number of piperidine rings is 1. The van der Waals surface area contributed by atoms with Crippen LogP contribution in [0.2, 0.25) is 0 Å². The highest BCUT2D eigenvalue weighted by atomic mass is 16.3. The van der Waals surface area contributed by atoms with Crippen molar-refractivity contribution >= 4 is 17.9 Å². The smallest absolute Gasteiger partial charge is 0.257 e. The van der Waals surface area contributed by atoms with Crippen molar-refractivity contribution in [1.82, 2.24) is 10.2 Å². The number of rotatable bonds is 4. The number of likely N-dealkylation sites (tertiary alicyclic amines) is 1. The molecule has 0 aliphatic carbocycles. The highest BCUT2D eigenvalue weighted by molar-refractivity contribution is 5.94. The zero-order chi connectivity index (χ0) is 16.8. The van der Waals surface area contributed by atoms with Crippen molar-refractivity contribution in [3.05, 3.63) is 66.1 Å². The molecule has 1 aliphatic rings. The second kappa shape index (κ2) is 7.64. The van der Waals surface area contributed by atoms with Crippen molar-refractivity contribution in [2.24, 2.45) is 0 Å². The number of nitrogens with one attached hydrogen (secondary N) is 1. The van der Waals surface area contributed by atoms with Crippen LogP contribution in [0.1, 0.15) is 28.8 Å². The molecule has 1 aromatic carbocycles. The summed E-state index contributed by atoms with van der Waals surface area (Å²) in [6.45, 7) is 1.27. The number of hydrogen-bond donors (Lipinski definition) is 1. The maximum absolute atomic E-state index is 12.2. The van der Waals surface area contributed by atoms with Crippen LogP contribution in [0.25, 0.3) is 6.08 Å². The Morgan fingerprint density at radius 1 is 1.12 bits per heavy atom. The predicted molar refractivity (Wildman–Crippen MR) is 91.3 cm³/mol. The van der Waals surface area contributed by atoms with E-state index in [1.807, 2.05) is 30.3 Å². The average Bonchev–Trinajstić information content (AvgIpc) is 3.16. The molecule has 1 aromatic heterocycles. The fourth-order valence-corrected chi connectivity index (χ4v) is 2.78. The number of nitrogens with zero attached hydrogens (tertiary/aromatic N) is 1. The molecule has 0 saturated carbocycles. The molecular formula is C19H20N2O3. The van der Waals surface area contributed by atoms with Gasteiger partial charge in [-0.15, -0.1) is 0 Å². The maximum Gasteiger partial charge on any atom is 0.257 e.